The maximum absolute atomic E-state index is 10.8. The molecule has 0 radical (unpaired) electrons. The van der Waals surface area contributed by atoms with Crippen molar-refractivity contribution in [2.24, 2.45) is 5.73 Å². The zero-order chi connectivity index (χ0) is 13.1. The van der Waals surface area contributed by atoms with Crippen molar-refractivity contribution < 1.29 is 9.53 Å². The summed E-state index contributed by atoms with van der Waals surface area (Å²) in [6.45, 7) is 1.53. The minimum absolute atomic E-state index is 0.0845. The summed E-state index contributed by atoms with van der Waals surface area (Å²) in [6.07, 6.45) is 0.689. The van der Waals surface area contributed by atoms with Gasteiger partial charge in [-0.3, -0.25) is 4.79 Å². The number of carbonyl (C=O) groups is 1. The monoisotopic (exact) mass is 266 g/mol. The largest absolute Gasteiger partial charge is 0.449 e. The lowest BCUT2D eigenvalue weighted by molar-refractivity contribution is -0.124. The van der Waals surface area contributed by atoms with Crippen molar-refractivity contribution in [3.8, 4) is 11.7 Å². The molecule has 1 amide bonds. The Morgan fingerprint density at radius 1 is 1.56 bits per heavy atom. The van der Waals surface area contributed by atoms with Gasteiger partial charge in [0.15, 0.2) is 6.10 Å². The third-order valence-corrected chi connectivity index (χ3v) is 2.46. The van der Waals surface area contributed by atoms with E-state index in [1.165, 1.54) is 17.9 Å². The van der Waals surface area contributed by atoms with Gasteiger partial charge in [-0.05, 0) is 25.1 Å². The van der Waals surface area contributed by atoms with Crippen LogP contribution in [-0.4, -0.2) is 26.8 Å². The molecule has 0 bridgehead atoms. The third kappa shape index (κ3) is 2.78. The highest BCUT2D eigenvalue weighted by molar-refractivity contribution is 6.30. The molecule has 7 heteroatoms. The molecule has 0 spiro atoms. The highest BCUT2D eigenvalue weighted by atomic mass is 35.5. The van der Waals surface area contributed by atoms with Crippen LogP contribution in [0.3, 0.4) is 0 Å². The van der Waals surface area contributed by atoms with Gasteiger partial charge in [0, 0.05) is 5.02 Å². The number of primary amides is 1. The van der Waals surface area contributed by atoms with Crippen LogP contribution in [0.15, 0.2) is 30.6 Å². The molecule has 2 aromatic rings. The molecule has 1 heterocycles. The Balaban J connectivity index is 2.18. The Labute approximate surface area is 108 Å². The topological polar surface area (TPSA) is 83.0 Å². The molecule has 1 aromatic heterocycles. The van der Waals surface area contributed by atoms with E-state index < -0.39 is 12.0 Å². The summed E-state index contributed by atoms with van der Waals surface area (Å²) >= 11 is 5.87. The van der Waals surface area contributed by atoms with E-state index in [4.69, 9.17) is 22.1 Å². The zero-order valence-electron chi connectivity index (χ0n) is 9.58. The molecule has 2 rings (SSSR count). The number of amides is 1. The minimum Gasteiger partial charge on any atom is -0.449 e. The first-order chi connectivity index (χ1) is 8.56. The van der Waals surface area contributed by atoms with E-state index in [0.717, 1.165) is 5.69 Å². The molecule has 0 fully saturated rings. The molecule has 0 aliphatic heterocycles. The second kappa shape index (κ2) is 5.05. The van der Waals surface area contributed by atoms with E-state index in [2.05, 4.69) is 10.1 Å². The van der Waals surface area contributed by atoms with E-state index in [1.54, 1.807) is 18.2 Å². The summed E-state index contributed by atoms with van der Waals surface area (Å²) in [6, 6.07) is 7.20. The molecule has 0 aliphatic carbocycles. The number of benzene rings is 1. The second-order valence-corrected chi connectivity index (χ2v) is 4.05. The lowest BCUT2D eigenvalue weighted by Crippen LogP contribution is -2.31. The number of hydrogen-bond acceptors (Lipinski definition) is 4. The van der Waals surface area contributed by atoms with Crippen LogP contribution in [-0.2, 0) is 4.79 Å². The lowest BCUT2D eigenvalue weighted by Gasteiger charge is -2.06. The van der Waals surface area contributed by atoms with Crippen LogP contribution in [0.4, 0.5) is 0 Å². The number of rotatable bonds is 4. The highest BCUT2D eigenvalue weighted by Crippen LogP contribution is 2.15. The maximum Gasteiger partial charge on any atom is 0.336 e. The van der Waals surface area contributed by atoms with Crippen molar-refractivity contribution in [1.82, 2.24) is 14.8 Å². The predicted octanol–water partition coefficient (Wildman–Crippen LogP) is 1.17. The van der Waals surface area contributed by atoms with Gasteiger partial charge in [0.25, 0.3) is 5.91 Å². The quantitative estimate of drug-likeness (QED) is 0.900. The third-order valence-electron chi connectivity index (χ3n) is 2.23. The molecule has 94 valence electrons. The molecule has 0 aliphatic rings. The number of ether oxygens (including phenoxy) is 1. The van der Waals surface area contributed by atoms with Crippen LogP contribution in [0.5, 0.6) is 6.01 Å². The van der Waals surface area contributed by atoms with Gasteiger partial charge in [0.2, 0.25) is 0 Å². The highest BCUT2D eigenvalue weighted by Gasteiger charge is 2.13. The Morgan fingerprint density at radius 2 is 2.33 bits per heavy atom. The number of nitrogens with zero attached hydrogens (tertiary/aromatic N) is 3. The van der Waals surface area contributed by atoms with Gasteiger partial charge in [-0.15, -0.1) is 5.10 Å². The summed E-state index contributed by atoms with van der Waals surface area (Å²) in [5.74, 6) is -0.575. The molecule has 0 saturated carbocycles. The van der Waals surface area contributed by atoms with Crippen molar-refractivity contribution in [2.75, 3.05) is 0 Å². The fraction of sp³-hybridized carbons (Fsp3) is 0.182. The molecule has 1 atom stereocenters. The van der Waals surface area contributed by atoms with Crippen LogP contribution < -0.4 is 10.5 Å². The average molecular weight is 267 g/mol. The first-order valence-electron chi connectivity index (χ1n) is 5.20. The van der Waals surface area contributed by atoms with E-state index in [0.29, 0.717) is 5.02 Å². The van der Waals surface area contributed by atoms with Crippen molar-refractivity contribution in [1.29, 1.82) is 0 Å². The van der Waals surface area contributed by atoms with Crippen LogP contribution >= 0.6 is 11.6 Å². The van der Waals surface area contributed by atoms with E-state index >= 15 is 0 Å². The summed E-state index contributed by atoms with van der Waals surface area (Å²) in [5.41, 5.74) is 5.82. The van der Waals surface area contributed by atoms with Gasteiger partial charge in [0.05, 0.1) is 5.69 Å². The SMILES string of the molecule is CC(Oc1ncn(-c2cccc(Cl)c2)n1)C(N)=O. The van der Waals surface area contributed by atoms with Crippen molar-refractivity contribution >= 4 is 17.5 Å². The fourth-order valence-corrected chi connectivity index (χ4v) is 1.45. The summed E-state index contributed by atoms with van der Waals surface area (Å²) < 4.78 is 6.65. The Morgan fingerprint density at radius 3 is 3.00 bits per heavy atom. The van der Waals surface area contributed by atoms with Crippen LogP contribution in [0.2, 0.25) is 5.02 Å². The smallest absolute Gasteiger partial charge is 0.336 e. The molecule has 6 nitrogen and oxygen atoms in total. The lowest BCUT2D eigenvalue weighted by atomic mass is 10.3. The summed E-state index contributed by atoms with van der Waals surface area (Å²) in [5, 5.41) is 4.65. The molecule has 2 N–H and O–H groups in total. The van der Waals surface area contributed by atoms with Crippen molar-refractivity contribution in [3.63, 3.8) is 0 Å². The minimum atomic E-state index is -0.778. The number of nitrogens with two attached hydrogens (primary N) is 1. The van der Waals surface area contributed by atoms with Gasteiger partial charge in [-0.2, -0.15) is 4.98 Å². The first kappa shape index (κ1) is 12.4. The van der Waals surface area contributed by atoms with Gasteiger partial charge in [-0.25, -0.2) is 4.68 Å². The van der Waals surface area contributed by atoms with E-state index in [-0.39, 0.29) is 6.01 Å². The first-order valence-corrected chi connectivity index (χ1v) is 5.57. The van der Waals surface area contributed by atoms with Gasteiger partial charge < -0.3 is 10.5 Å². The molecule has 0 saturated heterocycles. The molecular formula is C11H11ClN4O2. The van der Waals surface area contributed by atoms with E-state index in [1.807, 2.05) is 6.07 Å². The van der Waals surface area contributed by atoms with Crippen molar-refractivity contribution in [2.45, 2.75) is 13.0 Å². The summed E-state index contributed by atoms with van der Waals surface area (Å²) in [7, 11) is 0. The fourth-order valence-electron chi connectivity index (χ4n) is 1.26. The van der Waals surface area contributed by atoms with Crippen LogP contribution in [0, 0.1) is 0 Å². The Kier molecular flexibility index (Phi) is 3.47. The number of hydrogen-bond donors (Lipinski definition) is 1. The molecular weight excluding hydrogens is 256 g/mol. The van der Waals surface area contributed by atoms with Gasteiger partial charge in [-0.1, -0.05) is 17.7 Å². The second-order valence-electron chi connectivity index (χ2n) is 3.61. The van der Waals surface area contributed by atoms with Crippen LogP contribution in [0.25, 0.3) is 5.69 Å². The zero-order valence-corrected chi connectivity index (χ0v) is 10.3. The number of halogens is 1. The van der Waals surface area contributed by atoms with E-state index in [9.17, 15) is 4.79 Å². The number of carbonyl (C=O) groups excluding carboxylic acids is 1. The predicted molar refractivity (Wildman–Crippen MR) is 65.7 cm³/mol. The molecule has 18 heavy (non-hydrogen) atoms. The Hall–Kier alpha value is -2.08. The van der Waals surface area contributed by atoms with Crippen LogP contribution in [0.1, 0.15) is 6.92 Å². The van der Waals surface area contributed by atoms with Gasteiger partial charge in [0.1, 0.15) is 6.33 Å². The standard InChI is InChI=1S/C11H11ClN4O2/c1-7(10(13)17)18-11-14-6-16(15-11)9-4-2-3-8(12)5-9/h2-7H,1H3,(H2,13,17). The number of aromatic nitrogens is 3. The van der Waals surface area contributed by atoms with Crippen molar-refractivity contribution in [3.05, 3.63) is 35.6 Å². The Bertz CT molecular complexity index is 570. The summed E-state index contributed by atoms with van der Waals surface area (Å²) in [4.78, 5) is 14.8. The molecule has 1 aromatic carbocycles. The van der Waals surface area contributed by atoms with Gasteiger partial charge >= 0.3 is 6.01 Å². The molecule has 1 unspecified atom stereocenters. The maximum atomic E-state index is 10.8. The normalized spacial score (nSPS) is 12.1. The average Bonchev–Trinajstić information content (AvgIpc) is 2.77.